The van der Waals surface area contributed by atoms with Crippen LogP contribution < -0.4 is 10.6 Å². The maximum absolute atomic E-state index is 12.6. The summed E-state index contributed by atoms with van der Waals surface area (Å²) in [5.74, 6) is 0.920. The third-order valence-corrected chi connectivity index (χ3v) is 6.14. The summed E-state index contributed by atoms with van der Waals surface area (Å²) >= 11 is 0. The molecule has 1 aliphatic heterocycles. The van der Waals surface area contributed by atoms with Gasteiger partial charge in [0.15, 0.2) is 5.96 Å². The number of rotatable bonds is 6. The zero-order valence-corrected chi connectivity index (χ0v) is 19.1. The van der Waals surface area contributed by atoms with E-state index in [4.69, 9.17) is 0 Å². The van der Waals surface area contributed by atoms with Crippen molar-refractivity contribution in [3.8, 4) is 0 Å². The molecule has 2 aromatic carbocycles. The topological polar surface area (TPSA) is 72.5 Å². The van der Waals surface area contributed by atoms with Crippen molar-refractivity contribution in [1.82, 2.24) is 20.5 Å². The number of guanidine groups is 1. The van der Waals surface area contributed by atoms with Crippen LogP contribution in [0.3, 0.4) is 0 Å². The Kier molecular flexibility index (Phi) is 7.10. The first-order valence-corrected chi connectivity index (χ1v) is 11.5. The number of hydrogen-bond acceptors (Lipinski definition) is 2. The Morgan fingerprint density at radius 2 is 1.84 bits per heavy atom. The minimum atomic E-state index is 0.147. The van der Waals surface area contributed by atoms with Gasteiger partial charge in [-0.05, 0) is 67.5 Å². The number of piperidine rings is 1. The molecule has 0 radical (unpaired) electrons. The molecule has 32 heavy (non-hydrogen) atoms. The highest BCUT2D eigenvalue weighted by Crippen LogP contribution is 2.19. The third kappa shape index (κ3) is 5.31. The van der Waals surface area contributed by atoms with Gasteiger partial charge in [-0.2, -0.15) is 0 Å². The number of amides is 1. The Hall–Kier alpha value is -3.28. The maximum atomic E-state index is 12.6. The van der Waals surface area contributed by atoms with E-state index in [1.54, 1.807) is 7.05 Å². The summed E-state index contributed by atoms with van der Waals surface area (Å²) in [4.78, 5) is 22.3. The van der Waals surface area contributed by atoms with E-state index in [9.17, 15) is 4.79 Å². The molecule has 0 saturated carbocycles. The number of H-pyrrole nitrogens is 1. The SMILES string of the molecule is CN=C(NCCc1c[nH]c2cc(C)ccc12)NCc1ccc(C(=O)N2CCCCC2)cc1. The van der Waals surface area contributed by atoms with Crippen molar-refractivity contribution in [2.24, 2.45) is 4.99 Å². The smallest absolute Gasteiger partial charge is 0.253 e. The molecule has 0 bridgehead atoms. The van der Waals surface area contributed by atoms with Gasteiger partial charge in [0, 0.05) is 55.9 Å². The Morgan fingerprint density at radius 3 is 2.59 bits per heavy atom. The number of carbonyl (C=O) groups is 1. The van der Waals surface area contributed by atoms with Gasteiger partial charge in [-0.25, -0.2) is 0 Å². The predicted molar refractivity (Wildman–Crippen MR) is 131 cm³/mol. The van der Waals surface area contributed by atoms with Gasteiger partial charge < -0.3 is 20.5 Å². The van der Waals surface area contributed by atoms with Crippen molar-refractivity contribution in [3.63, 3.8) is 0 Å². The highest BCUT2D eigenvalue weighted by molar-refractivity contribution is 5.94. The number of carbonyl (C=O) groups excluding carboxylic acids is 1. The summed E-state index contributed by atoms with van der Waals surface area (Å²) in [6.45, 7) is 5.32. The average Bonchev–Trinajstić information content (AvgIpc) is 3.23. The molecule has 0 spiro atoms. The van der Waals surface area contributed by atoms with Crippen LogP contribution in [-0.4, -0.2) is 48.4 Å². The molecule has 6 nitrogen and oxygen atoms in total. The van der Waals surface area contributed by atoms with Gasteiger partial charge in [0.2, 0.25) is 0 Å². The Balaban J connectivity index is 1.25. The van der Waals surface area contributed by atoms with Crippen molar-refractivity contribution in [2.75, 3.05) is 26.7 Å². The third-order valence-electron chi connectivity index (χ3n) is 6.14. The zero-order valence-electron chi connectivity index (χ0n) is 19.1. The number of aryl methyl sites for hydroxylation is 1. The molecule has 168 valence electrons. The molecule has 0 unspecified atom stereocenters. The van der Waals surface area contributed by atoms with E-state index in [2.05, 4.69) is 51.9 Å². The second-order valence-electron chi connectivity index (χ2n) is 8.52. The van der Waals surface area contributed by atoms with E-state index < -0.39 is 0 Å². The summed E-state index contributed by atoms with van der Waals surface area (Å²) in [7, 11) is 1.78. The predicted octanol–water partition coefficient (Wildman–Crippen LogP) is 4.01. The first kappa shape index (κ1) is 21.9. The highest BCUT2D eigenvalue weighted by atomic mass is 16.2. The van der Waals surface area contributed by atoms with E-state index in [-0.39, 0.29) is 5.91 Å². The number of fused-ring (bicyclic) bond motifs is 1. The standard InChI is InChI=1S/C26H33N5O/c1-19-6-11-23-22(18-29-24(23)16-19)12-13-28-26(27-2)30-17-20-7-9-21(10-8-20)25(32)31-14-4-3-5-15-31/h6-11,16,18,29H,3-5,12-15,17H2,1-2H3,(H2,27,28,30). The van der Waals surface area contributed by atoms with Crippen molar-refractivity contribution in [3.05, 3.63) is 70.9 Å². The Bertz CT molecular complexity index is 1080. The summed E-state index contributed by atoms with van der Waals surface area (Å²) in [5.41, 5.74) is 5.64. The molecule has 1 aromatic heterocycles. The number of aliphatic imine (C=N–C) groups is 1. The van der Waals surface area contributed by atoms with E-state index >= 15 is 0 Å². The van der Waals surface area contributed by atoms with Gasteiger partial charge in [0.25, 0.3) is 5.91 Å². The lowest BCUT2D eigenvalue weighted by Gasteiger charge is -2.26. The highest BCUT2D eigenvalue weighted by Gasteiger charge is 2.17. The van der Waals surface area contributed by atoms with Crippen molar-refractivity contribution in [1.29, 1.82) is 0 Å². The number of nitrogens with one attached hydrogen (secondary N) is 3. The molecule has 0 atom stereocenters. The molecule has 4 rings (SSSR count). The minimum Gasteiger partial charge on any atom is -0.361 e. The van der Waals surface area contributed by atoms with Crippen molar-refractivity contribution < 1.29 is 4.79 Å². The molecule has 1 amide bonds. The second-order valence-corrected chi connectivity index (χ2v) is 8.52. The van der Waals surface area contributed by atoms with Crippen LogP contribution >= 0.6 is 0 Å². The number of benzene rings is 2. The summed E-state index contributed by atoms with van der Waals surface area (Å²) in [6.07, 6.45) is 6.46. The Labute approximate surface area is 190 Å². The van der Waals surface area contributed by atoms with Crippen molar-refractivity contribution >= 4 is 22.8 Å². The van der Waals surface area contributed by atoms with Crippen LogP contribution in [0.15, 0.2) is 53.7 Å². The normalized spacial score (nSPS) is 14.6. The fourth-order valence-corrected chi connectivity index (χ4v) is 4.27. The van der Waals surface area contributed by atoms with Crippen LogP contribution in [0, 0.1) is 6.92 Å². The minimum absolute atomic E-state index is 0.147. The first-order chi connectivity index (χ1) is 15.6. The largest absolute Gasteiger partial charge is 0.361 e. The van der Waals surface area contributed by atoms with Gasteiger partial charge in [-0.3, -0.25) is 9.79 Å². The summed E-state index contributed by atoms with van der Waals surface area (Å²) in [5, 5.41) is 8.03. The van der Waals surface area contributed by atoms with Crippen molar-refractivity contribution in [2.45, 2.75) is 39.2 Å². The molecule has 3 N–H and O–H groups in total. The molecule has 1 aliphatic rings. The van der Waals surface area contributed by atoms with Gasteiger partial charge in [-0.15, -0.1) is 0 Å². The lowest BCUT2D eigenvalue weighted by atomic mass is 10.1. The number of aromatic nitrogens is 1. The van der Waals surface area contributed by atoms with Crippen LogP contribution in [0.25, 0.3) is 10.9 Å². The van der Waals surface area contributed by atoms with Gasteiger partial charge in [0.1, 0.15) is 0 Å². The van der Waals surface area contributed by atoms with Crippen LogP contribution in [0.1, 0.15) is 46.3 Å². The molecule has 6 heteroatoms. The number of aromatic amines is 1. The number of nitrogens with zero attached hydrogens (tertiary/aromatic N) is 2. The number of hydrogen-bond donors (Lipinski definition) is 3. The number of likely N-dealkylation sites (tertiary alicyclic amines) is 1. The lowest BCUT2D eigenvalue weighted by molar-refractivity contribution is 0.0724. The lowest BCUT2D eigenvalue weighted by Crippen LogP contribution is -2.37. The molecule has 0 aliphatic carbocycles. The van der Waals surface area contributed by atoms with E-state index in [1.165, 1.54) is 28.5 Å². The fraction of sp³-hybridized carbons (Fsp3) is 0.385. The summed E-state index contributed by atoms with van der Waals surface area (Å²) < 4.78 is 0. The zero-order chi connectivity index (χ0) is 22.3. The van der Waals surface area contributed by atoms with E-state index in [1.807, 2.05) is 29.2 Å². The first-order valence-electron chi connectivity index (χ1n) is 11.5. The summed E-state index contributed by atoms with van der Waals surface area (Å²) in [6, 6.07) is 14.4. The Morgan fingerprint density at radius 1 is 1.06 bits per heavy atom. The van der Waals surface area contributed by atoms with E-state index in [0.29, 0.717) is 6.54 Å². The maximum Gasteiger partial charge on any atom is 0.253 e. The molecular formula is C26H33N5O. The van der Waals surface area contributed by atoms with Gasteiger partial charge >= 0.3 is 0 Å². The second kappa shape index (κ2) is 10.4. The van der Waals surface area contributed by atoms with Crippen LogP contribution in [-0.2, 0) is 13.0 Å². The molecule has 3 aromatic rings. The van der Waals surface area contributed by atoms with Gasteiger partial charge in [-0.1, -0.05) is 24.3 Å². The van der Waals surface area contributed by atoms with Crippen LogP contribution in [0.4, 0.5) is 0 Å². The molecule has 2 heterocycles. The van der Waals surface area contributed by atoms with Crippen LogP contribution in [0.5, 0.6) is 0 Å². The van der Waals surface area contributed by atoms with Gasteiger partial charge in [0.05, 0.1) is 0 Å². The fourth-order valence-electron chi connectivity index (χ4n) is 4.27. The van der Waals surface area contributed by atoms with E-state index in [0.717, 1.165) is 56.0 Å². The van der Waals surface area contributed by atoms with Crippen LogP contribution in [0.2, 0.25) is 0 Å². The molecule has 1 fully saturated rings. The average molecular weight is 432 g/mol. The molecular weight excluding hydrogens is 398 g/mol. The molecule has 1 saturated heterocycles. The monoisotopic (exact) mass is 431 g/mol. The quantitative estimate of drug-likeness (QED) is 0.408.